The van der Waals surface area contributed by atoms with E-state index >= 15 is 0 Å². The zero-order valence-corrected chi connectivity index (χ0v) is 19.9. The van der Waals surface area contributed by atoms with Gasteiger partial charge in [-0.1, -0.05) is 24.3 Å². The van der Waals surface area contributed by atoms with Crippen LogP contribution in [0.5, 0.6) is 11.5 Å². The molecule has 35 heavy (non-hydrogen) atoms. The maximum Gasteiger partial charge on any atom is 0.286 e. The minimum atomic E-state index is -3.81. The number of amides is 1. The van der Waals surface area contributed by atoms with Gasteiger partial charge < -0.3 is 14.8 Å². The third kappa shape index (κ3) is 4.62. The molecule has 0 radical (unpaired) electrons. The van der Waals surface area contributed by atoms with E-state index < -0.39 is 26.5 Å². The van der Waals surface area contributed by atoms with Crippen LogP contribution in [0.1, 0.15) is 22.3 Å². The van der Waals surface area contributed by atoms with Crippen LogP contribution < -0.4 is 19.1 Å². The van der Waals surface area contributed by atoms with Crippen molar-refractivity contribution in [2.24, 2.45) is 0 Å². The molecule has 0 spiro atoms. The van der Waals surface area contributed by atoms with Crippen molar-refractivity contribution in [2.45, 2.75) is 17.7 Å². The summed E-state index contributed by atoms with van der Waals surface area (Å²) in [5.41, 5.74) is 0.907. The van der Waals surface area contributed by atoms with Gasteiger partial charge in [-0.15, -0.1) is 0 Å². The van der Waals surface area contributed by atoms with Gasteiger partial charge in [-0.2, -0.15) is 0 Å². The summed E-state index contributed by atoms with van der Waals surface area (Å²) in [7, 11) is -1.11. The first kappa shape index (κ1) is 24.0. The SMILES string of the molecule is COc1cc(C(=O)Nc2ccc3c(c2)N(S(=O)(=O)c2ccccc2)CCC3)c([N+](=O)[O-])cc1OC. The monoisotopic (exact) mass is 497 g/mol. The molecule has 4 rings (SSSR count). The molecule has 11 heteroatoms. The Kier molecular flexibility index (Phi) is 6.61. The Balaban J connectivity index is 1.70. The van der Waals surface area contributed by atoms with Crippen molar-refractivity contribution in [1.82, 2.24) is 0 Å². The van der Waals surface area contributed by atoms with Crippen LogP contribution in [0.15, 0.2) is 65.6 Å². The van der Waals surface area contributed by atoms with Crippen molar-refractivity contribution < 1.29 is 27.6 Å². The summed E-state index contributed by atoms with van der Waals surface area (Å²) >= 11 is 0. The highest BCUT2D eigenvalue weighted by Gasteiger charge is 2.30. The van der Waals surface area contributed by atoms with Crippen molar-refractivity contribution in [3.63, 3.8) is 0 Å². The molecule has 0 atom stereocenters. The maximum atomic E-state index is 13.3. The molecule has 0 fully saturated rings. The molecular weight excluding hydrogens is 474 g/mol. The minimum absolute atomic E-state index is 0.117. The van der Waals surface area contributed by atoms with E-state index in [1.807, 2.05) is 0 Å². The van der Waals surface area contributed by atoms with E-state index in [0.29, 0.717) is 30.8 Å². The lowest BCUT2D eigenvalue weighted by Crippen LogP contribution is -2.35. The van der Waals surface area contributed by atoms with Crippen molar-refractivity contribution in [3.8, 4) is 11.5 Å². The first-order chi connectivity index (χ1) is 16.8. The van der Waals surface area contributed by atoms with Gasteiger partial charge in [0.15, 0.2) is 11.5 Å². The van der Waals surface area contributed by atoms with Crippen molar-refractivity contribution in [3.05, 3.63) is 81.9 Å². The number of nitro groups is 1. The molecule has 0 saturated carbocycles. The summed E-state index contributed by atoms with van der Waals surface area (Å²) in [6, 6.07) is 15.4. The van der Waals surface area contributed by atoms with Gasteiger partial charge in [-0.3, -0.25) is 19.2 Å². The number of aryl methyl sites for hydroxylation is 1. The second-order valence-corrected chi connectivity index (χ2v) is 9.64. The van der Waals surface area contributed by atoms with E-state index in [9.17, 15) is 23.3 Å². The van der Waals surface area contributed by atoms with Gasteiger partial charge in [0, 0.05) is 18.3 Å². The standard InChI is InChI=1S/C24H23N3O7S/c1-33-22-14-19(21(27(29)30)15-23(22)34-2)24(28)25-17-11-10-16-7-6-12-26(20(16)13-17)35(31,32)18-8-4-3-5-9-18/h3-5,8-11,13-15H,6-7,12H2,1-2H3,(H,25,28). The second kappa shape index (κ2) is 9.63. The Hall–Kier alpha value is -4.12. The largest absolute Gasteiger partial charge is 0.493 e. The predicted octanol–water partition coefficient (Wildman–Crippen LogP) is 4.01. The molecule has 10 nitrogen and oxygen atoms in total. The summed E-state index contributed by atoms with van der Waals surface area (Å²) in [4.78, 5) is 24.1. The Labute approximate surface area is 202 Å². The summed E-state index contributed by atoms with van der Waals surface area (Å²) in [5, 5.41) is 14.2. The van der Waals surface area contributed by atoms with Crippen LogP contribution in [-0.4, -0.2) is 40.0 Å². The van der Waals surface area contributed by atoms with Gasteiger partial charge in [0.05, 0.1) is 35.8 Å². The minimum Gasteiger partial charge on any atom is -0.493 e. The number of benzene rings is 3. The topological polar surface area (TPSA) is 128 Å². The fourth-order valence-electron chi connectivity index (χ4n) is 3.99. The number of anilines is 2. The molecule has 1 aliphatic rings. The van der Waals surface area contributed by atoms with Crippen LogP contribution >= 0.6 is 0 Å². The maximum absolute atomic E-state index is 13.3. The number of carbonyl (C=O) groups excluding carboxylic acids is 1. The summed E-state index contributed by atoms with van der Waals surface area (Å²) in [6.45, 7) is 0.294. The van der Waals surface area contributed by atoms with Gasteiger partial charge in [0.2, 0.25) is 0 Å². The molecule has 0 aromatic heterocycles. The molecule has 1 aliphatic heterocycles. The number of hydrogen-bond donors (Lipinski definition) is 1. The predicted molar refractivity (Wildman–Crippen MR) is 130 cm³/mol. The number of carbonyl (C=O) groups is 1. The Morgan fingerprint density at radius 3 is 2.37 bits per heavy atom. The number of fused-ring (bicyclic) bond motifs is 1. The van der Waals surface area contributed by atoms with E-state index in [4.69, 9.17) is 9.47 Å². The zero-order valence-electron chi connectivity index (χ0n) is 19.1. The number of nitrogens with one attached hydrogen (secondary N) is 1. The first-order valence-corrected chi connectivity index (χ1v) is 12.1. The number of nitrogens with zero attached hydrogens (tertiary/aromatic N) is 2. The molecule has 0 aliphatic carbocycles. The average Bonchev–Trinajstić information content (AvgIpc) is 2.87. The molecule has 3 aromatic rings. The van der Waals surface area contributed by atoms with Crippen molar-refractivity contribution in [2.75, 3.05) is 30.4 Å². The number of ether oxygens (including phenoxy) is 2. The zero-order chi connectivity index (χ0) is 25.2. The molecule has 0 unspecified atom stereocenters. The normalized spacial score (nSPS) is 13.0. The third-order valence-electron chi connectivity index (χ3n) is 5.69. The lowest BCUT2D eigenvalue weighted by atomic mass is 10.0. The number of nitro benzene ring substituents is 1. The highest BCUT2D eigenvalue weighted by Crippen LogP contribution is 2.36. The van der Waals surface area contributed by atoms with Crippen LogP contribution in [0.25, 0.3) is 0 Å². The van der Waals surface area contributed by atoms with E-state index in [1.54, 1.807) is 36.4 Å². The van der Waals surface area contributed by atoms with Crippen molar-refractivity contribution >= 4 is 33.0 Å². The summed E-state index contributed by atoms with van der Waals surface area (Å²) < 4.78 is 38.2. The number of methoxy groups -OCH3 is 2. The first-order valence-electron chi connectivity index (χ1n) is 10.7. The molecule has 1 heterocycles. The van der Waals surface area contributed by atoms with Gasteiger partial charge in [-0.25, -0.2) is 8.42 Å². The average molecular weight is 498 g/mol. The summed E-state index contributed by atoms with van der Waals surface area (Å²) in [5.74, 6) is -0.467. The van der Waals surface area contributed by atoms with Crippen LogP contribution in [0.3, 0.4) is 0 Å². The Bertz CT molecular complexity index is 1390. The third-order valence-corrected chi connectivity index (χ3v) is 7.52. The highest BCUT2D eigenvalue weighted by molar-refractivity contribution is 7.92. The van der Waals surface area contributed by atoms with Crippen LogP contribution in [0.4, 0.5) is 17.1 Å². The lowest BCUT2D eigenvalue weighted by molar-refractivity contribution is -0.385. The van der Waals surface area contributed by atoms with E-state index in [0.717, 1.165) is 11.6 Å². The van der Waals surface area contributed by atoms with Crippen LogP contribution in [0.2, 0.25) is 0 Å². The second-order valence-electron chi connectivity index (χ2n) is 7.77. The van der Waals surface area contributed by atoms with E-state index in [2.05, 4.69) is 5.32 Å². The van der Waals surface area contributed by atoms with Gasteiger partial charge in [-0.05, 0) is 42.7 Å². The van der Waals surface area contributed by atoms with Crippen LogP contribution in [-0.2, 0) is 16.4 Å². The molecule has 0 saturated heterocycles. The fraction of sp³-hybridized carbons (Fsp3) is 0.208. The highest BCUT2D eigenvalue weighted by atomic mass is 32.2. The molecule has 3 aromatic carbocycles. The molecule has 1 amide bonds. The molecule has 1 N–H and O–H groups in total. The quantitative estimate of drug-likeness (QED) is 0.386. The van der Waals surface area contributed by atoms with Gasteiger partial charge >= 0.3 is 0 Å². The Morgan fingerprint density at radius 2 is 1.71 bits per heavy atom. The van der Waals surface area contributed by atoms with Crippen LogP contribution in [0, 0.1) is 10.1 Å². The van der Waals surface area contributed by atoms with E-state index in [1.165, 1.54) is 36.7 Å². The molecular formula is C24H23N3O7S. The number of sulfonamides is 1. The van der Waals surface area contributed by atoms with Gasteiger partial charge in [0.25, 0.3) is 21.6 Å². The number of hydrogen-bond acceptors (Lipinski definition) is 7. The van der Waals surface area contributed by atoms with E-state index in [-0.39, 0.29) is 22.0 Å². The van der Waals surface area contributed by atoms with Crippen molar-refractivity contribution in [1.29, 1.82) is 0 Å². The number of rotatable bonds is 7. The Morgan fingerprint density at radius 1 is 1.03 bits per heavy atom. The van der Waals surface area contributed by atoms with Gasteiger partial charge in [0.1, 0.15) is 5.56 Å². The molecule has 182 valence electrons. The lowest BCUT2D eigenvalue weighted by Gasteiger charge is -2.31. The smallest absolute Gasteiger partial charge is 0.286 e. The molecule has 0 bridgehead atoms. The fourth-order valence-corrected chi connectivity index (χ4v) is 5.54. The summed E-state index contributed by atoms with van der Waals surface area (Å²) in [6.07, 6.45) is 1.34.